The molecule has 0 heterocycles. The molecule has 16 heavy (non-hydrogen) atoms. The fourth-order valence-electron chi connectivity index (χ4n) is 1.18. The first-order valence-corrected chi connectivity index (χ1v) is 6.33. The number of benzene rings is 1. The van der Waals surface area contributed by atoms with Crippen LogP contribution in [-0.2, 0) is 0 Å². The smallest absolute Gasteiger partial charge is 0.164 e. The van der Waals surface area contributed by atoms with Gasteiger partial charge in [-0.1, -0.05) is 27.5 Å². The summed E-state index contributed by atoms with van der Waals surface area (Å²) in [5, 5.41) is 1.41. The molecule has 0 atom stereocenters. The standard InChI is InChI=1S/C11H14BrClO3/c1-14-9-7-11(16-5-3-4-12)10(15-2)6-8(9)13/h6-7H,3-5H2,1-2H3. The van der Waals surface area contributed by atoms with E-state index >= 15 is 0 Å². The molecule has 0 spiro atoms. The minimum atomic E-state index is 0.507. The topological polar surface area (TPSA) is 27.7 Å². The molecule has 5 heteroatoms. The van der Waals surface area contributed by atoms with Crippen molar-refractivity contribution in [1.29, 1.82) is 0 Å². The Morgan fingerprint density at radius 1 is 1.12 bits per heavy atom. The van der Waals surface area contributed by atoms with Crippen LogP contribution in [0.5, 0.6) is 17.2 Å². The van der Waals surface area contributed by atoms with Gasteiger partial charge in [0.15, 0.2) is 11.5 Å². The van der Waals surface area contributed by atoms with E-state index in [1.54, 1.807) is 26.4 Å². The Balaban J connectivity index is 2.86. The van der Waals surface area contributed by atoms with Crippen molar-refractivity contribution in [3.8, 4) is 17.2 Å². The maximum absolute atomic E-state index is 5.97. The number of alkyl halides is 1. The van der Waals surface area contributed by atoms with Gasteiger partial charge in [0, 0.05) is 17.5 Å². The van der Waals surface area contributed by atoms with Crippen LogP contribution < -0.4 is 14.2 Å². The normalized spacial score (nSPS) is 10.0. The van der Waals surface area contributed by atoms with E-state index in [9.17, 15) is 0 Å². The number of hydrogen-bond donors (Lipinski definition) is 0. The van der Waals surface area contributed by atoms with E-state index in [1.807, 2.05) is 0 Å². The summed E-state index contributed by atoms with van der Waals surface area (Å²) in [4.78, 5) is 0. The molecule has 1 aromatic rings. The van der Waals surface area contributed by atoms with E-state index in [-0.39, 0.29) is 0 Å². The summed E-state index contributed by atoms with van der Waals surface area (Å²) in [6.45, 7) is 0.617. The maximum atomic E-state index is 5.97. The van der Waals surface area contributed by atoms with Crippen molar-refractivity contribution in [1.82, 2.24) is 0 Å². The van der Waals surface area contributed by atoms with Gasteiger partial charge in [0.05, 0.1) is 25.8 Å². The number of ether oxygens (including phenoxy) is 3. The molecule has 0 aliphatic rings. The van der Waals surface area contributed by atoms with Gasteiger partial charge in [0.2, 0.25) is 0 Å². The average molecular weight is 310 g/mol. The zero-order chi connectivity index (χ0) is 12.0. The van der Waals surface area contributed by atoms with E-state index in [4.69, 9.17) is 25.8 Å². The Bertz CT molecular complexity index is 344. The summed E-state index contributed by atoms with van der Waals surface area (Å²) in [5.41, 5.74) is 0. The molecular weight excluding hydrogens is 295 g/mol. The average Bonchev–Trinajstić information content (AvgIpc) is 2.30. The maximum Gasteiger partial charge on any atom is 0.164 e. The lowest BCUT2D eigenvalue weighted by Crippen LogP contribution is -2.00. The summed E-state index contributed by atoms with van der Waals surface area (Å²) in [6.07, 6.45) is 0.925. The highest BCUT2D eigenvalue weighted by Crippen LogP contribution is 2.37. The predicted molar refractivity (Wildman–Crippen MR) is 68.5 cm³/mol. The summed E-state index contributed by atoms with van der Waals surface area (Å²) in [7, 11) is 3.14. The molecule has 1 aromatic carbocycles. The Morgan fingerprint density at radius 3 is 2.38 bits per heavy atom. The van der Waals surface area contributed by atoms with Crippen LogP contribution in [0.2, 0.25) is 5.02 Å². The largest absolute Gasteiger partial charge is 0.495 e. The van der Waals surface area contributed by atoms with Gasteiger partial charge in [-0.2, -0.15) is 0 Å². The third-order valence-electron chi connectivity index (χ3n) is 1.97. The minimum absolute atomic E-state index is 0.507. The monoisotopic (exact) mass is 308 g/mol. The molecule has 0 aliphatic heterocycles. The highest BCUT2D eigenvalue weighted by Gasteiger charge is 2.10. The van der Waals surface area contributed by atoms with Crippen LogP contribution in [-0.4, -0.2) is 26.2 Å². The van der Waals surface area contributed by atoms with Crippen LogP contribution in [0.3, 0.4) is 0 Å². The highest BCUT2D eigenvalue weighted by atomic mass is 79.9. The first-order valence-electron chi connectivity index (χ1n) is 4.83. The molecule has 90 valence electrons. The van der Waals surface area contributed by atoms with Gasteiger partial charge < -0.3 is 14.2 Å². The summed E-state index contributed by atoms with van der Waals surface area (Å²) in [5.74, 6) is 1.83. The van der Waals surface area contributed by atoms with Gasteiger partial charge >= 0.3 is 0 Å². The van der Waals surface area contributed by atoms with Crippen molar-refractivity contribution < 1.29 is 14.2 Å². The molecule has 0 bridgehead atoms. The first-order chi connectivity index (χ1) is 7.72. The lowest BCUT2D eigenvalue weighted by atomic mass is 10.3. The van der Waals surface area contributed by atoms with Crippen molar-refractivity contribution in [3.63, 3.8) is 0 Å². The summed E-state index contributed by atoms with van der Waals surface area (Å²) >= 11 is 9.31. The van der Waals surface area contributed by atoms with E-state index in [1.165, 1.54) is 0 Å². The van der Waals surface area contributed by atoms with E-state index in [0.29, 0.717) is 28.9 Å². The Morgan fingerprint density at radius 2 is 1.81 bits per heavy atom. The Labute approximate surface area is 109 Å². The Hall–Kier alpha value is -0.610. The van der Waals surface area contributed by atoms with Gasteiger partial charge in [-0.25, -0.2) is 0 Å². The summed E-state index contributed by atoms with van der Waals surface area (Å²) in [6, 6.07) is 3.42. The zero-order valence-electron chi connectivity index (χ0n) is 9.26. The zero-order valence-corrected chi connectivity index (χ0v) is 11.6. The lowest BCUT2D eigenvalue weighted by Gasteiger charge is -2.12. The van der Waals surface area contributed by atoms with E-state index in [2.05, 4.69) is 15.9 Å². The first kappa shape index (κ1) is 13.5. The highest BCUT2D eigenvalue weighted by molar-refractivity contribution is 9.09. The van der Waals surface area contributed by atoms with Crippen molar-refractivity contribution in [3.05, 3.63) is 17.2 Å². The predicted octanol–water partition coefficient (Wildman–Crippen LogP) is 3.52. The van der Waals surface area contributed by atoms with Gasteiger partial charge in [-0.15, -0.1) is 0 Å². The van der Waals surface area contributed by atoms with Crippen molar-refractivity contribution in [2.75, 3.05) is 26.2 Å². The van der Waals surface area contributed by atoms with Gasteiger partial charge in [-0.3, -0.25) is 0 Å². The molecule has 0 aliphatic carbocycles. The molecule has 0 saturated carbocycles. The van der Waals surface area contributed by atoms with Crippen LogP contribution in [0.25, 0.3) is 0 Å². The minimum Gasteiger partial charge on any atom is -0.495 e. The SMILES string of the molecule is COc1cc(OCCCBr)c(OC)cc1Cl. The molecule has 0 radical (unpaired) electrons. The fourth-order valence-corrected chi connectivity index (χ4v) is 1.64. The third kappa shape index (κ3) is 3.46. The van der Waals surface area contributed by atoms with E-state index < -0.39 is 0 Å². The quantitative estimate of drug-likeness (QED) is 0.594. The summed E-state index contributed by atoms with van der Waals surface area (Å²) < 4.78 is 15.9. The molecule has 0 aromatic heterocycles. The van der Waals surface area contributed by atoms with Crippen molar-refractivity contribution >= 4 is 27.5 Å². The van der Waals surface area contributed by atoms with Crippen LogP contribution in [0.1, 0.15) is 6.42 Å². The second-order valence-corrected chi connectivity index (χ2v) is 4.23. The van der Waals surface area contributed by atoms with Crippen LogP contribution in [0.15, 0.2) is 12.1 Å². The molecule has 3 nitrogen and oxygen atoms in total. The van der Waals surface area contributed by atoms with Gasteiger partial charge in [-0.05, 0) is 6.42 Å². The van der Waals surface area contributed by atoms with Crippen molar-refractivity contribution in [2.24, 2.45) is 0 Å². The second-order valence-electron chi connectivity index (χ2n) is 3.03. The number of methoxy groups -OCH3 is 2. The Kier molecular flexibility index (Phi) is 5.77. The van der Waals surface area contributed by atoms with Crippen LogP contribution in [0.4, 0.5) is 0 Å². The number of halogens is 2. The van der Waals surface area contributed by atoms with Gasteiger partial charge in [0.25, 0.3) is 0 Å². The number of rotatable bonds is 6. The van der Waals surface area contributed by atoms with Gasteiger partial charge in [0.1, 0.15) is 5.75 Å². The third-order valence-corrected chi connectivity index (χ3v) is 2.83. The number of hydrogen-bond acceptors (Lipinski definition) is 3. The van der Waals surface area contributed by atoms with E-state index in [0.717, 1.165) is 11.8 Å². The van der Waals surface area contributed by atoms with Crippen LogP contribution in [0, 0.1) is 0 Å². The van der Waals surface area contributed by atoms with Crippen molar-refractivity contribution in [2.45, 2.75) is 6.42 Å². The second kappa shape index (κ2) is 6.86. The molecular formula is C11H14BrClO3. The molecule has 1 rings (SSSR count). The molecule has 0 N–H and O–H groups in total. The fraction of sp³-hybridized carbons (Fsp3) is 0.455. The molecule has 0 saturated heterocycles. The van der Waals surface area contributed by atoms with Crippen LogP contribution >= 0.6 is 27.5 Å². The lowest BCUT2D eigenvalue weighted by molar-refractivity contribution is 0.293. The molecule has 0 unspecified atom stereocenters. The molecule has 0 amide bonds. The molecule has 0 fully saturated rings.